The summed E-state index contributed by atoms with van der Waals surface area (Å²) in [6.45, 7) is 1.95. The molecule has 1 amide bonds. The van der Waals surface area contributed by atoms with Crippen molar-refractivity contribution in [1.82, 2.24) is 5.32 Å². The van der Waals surface area contributed by atoms with Gasteiger partial charge in [-0.25, -0.2) is 8.78 Å². The molecule has 0 aromatic heterocycles. The van der Waals surface area contributed by atoms with Crippen molar-refractivity contribution >= 4 is 5.91 Å². The van der Waals surface area contributed by atoms with Crippen LogP contribution in [-0.4, -0.2) is 11.9 Å². The van der Waals surface area contributed by atoms with E-state index in [2.05, 4.69) is 5.32 Å². The van der Waals surface area contributed by atoms with Crippen molar-refractivity contribution in [2.45, 2.75) is 38.6 Å². The van der Waals surface area contributed by atoms with Crippen molar-refractivity contribution in [2.24, 2.45) is 17.8 Å². The van der Waals surface area contributed by atoms with Gasteiger partial charge in [0.1, 0.15) is 17.2 Å². The highest BCUT2D eigenvalue weighted by Crippen LogP contribution is 2.49. The molecule has 2 fully saturated rings. The summed E-state index contributed by atoms with van der Waals surface area (Å²) in [5.74, 6) is -0.344. The molecule has 20 heavy (non-hydrogen) atoms. The van der Waals surface area contributed by atoms with E-state index in [1.807, 2.05) is 6.92 Å². The van der Waals surface area contributed by atoms with Crippen LogP contribution in [0.15, 0.2) is 18.2 Å². The predicted molar refractivity (Wildman–Crippen MR) is 72.2 cm³/mol. The van der Waals surface area contributed by atoms with E-state index in [-0.39, 0.29) is 6.04 Å². The van der Waals surface area contributed by atoms with Crippen LogP contribution in [0.5, 0.6) is 0 Å². The Morgan fingerprint density at radius 3 is 2.50 bits per heavy atom. The van der Waals surface area contributed by atoms with Crippen molar-refractivity contribution in [2.75, 3.05) is 0 Å². The molecule has 108 valence electrons. The highest BCUT2D eigenvalue weighted by Gasteiger charge is 2.42. The summed E-state index contributed by atoms with van der Waals surface area (Å²) in [4.78, 5) is 12.1. The SMILES string of the molecule is CC(NC(=O)c1c(F)cccc1F)C1CC2CCC1C2. The first kappa shape index (κ1) is 13.5. The van der Waals surface area contributed by atoms with Gasteiger partial charge in [0.05, 0.1) is 0 Å². The van der Waals surface area contributed by atoms with Gasteiger partial charge in [0.15, 0.2) is 0 Å². The lowest BCUT2D eigenvalue weighted by Gasteiger charge is -2.28. The Labute approximate surface area is 117 Å². The smallest absolute Gasteiger partial charge is 0.257 e. The lowest BCUT2D eigenvalue weighted by molar-refractivity contribution is 0.0906. The molecule has 0 spiro atoms. The second-order valence-corrected chi connectivity index (χ2v) is 6.20. The molecule has 0 aliphatic heterocycles. The van der Waals surface area contributed by atoms with Gasteiger partial charge in [0.25, 0.3) is 5.91 Å². The lowest BCUT2D eigenvalue weighted by atomic mass is 9.84. The van der Waals surface area contributed by atoms with Crippen LogP contribution in [0.1, 0.15) is 43.0 Å². The summed E-state index contributed by atoms with van der Waals surface area (Å²) < 4.78 is 27.2. The second-order valence-electron chi connectivity index (χ2n) is 6.20. The van der Waals surface area contributed by atoms with E-state index < -0.39 is 23.1 Å². The normalized spacial score (nSPS) is 29.4. The van der Waals surface area contributed by atoms with Crippen LogP contribution in [0.4, 0.5) is 8.78 Å². The van der Waals surface area contributed by atoms with Gasteiger partial charge in [-0.1, -0.05) is 12.5 Å². The molecule has 0 saturated heterocycles. The van der Waals surface area contributed by atoms with Crippen LogP contribution in [0.2, 0.25) is 0 Å². The maximum atomic E-state index is 13.6. The standard InChI is InChI=1S/C16H19F2NO/c1-9(12-8-10-5-6-11(12)7-10)19-16(20)15-13(17)3-2-4-14(15)18/h2-4,9-12H,5-8H2,1H3,(H,19,20). The summed E-state index contributed by atoms with van der Waals surface area (Å²) in [6, 6.07) is 3.46. The number of carbonyl (C=O) groups is 1. The molecular formula is C16H19F2NO. The molecule has 4 heteroatoms. The Morgan fingerprint density at radius 1 is 1.25 bits per heavy atom. The molecule has 2 nitrogen and oxygen atoms in total. The molecule has 2 aliphatic carbocycles. The number of amides is 1. The van der Waals surface area contributed by atoms with E-state index in [4.69, 9.17) is 0 Å². The van der Waals surface area contributed by atoms with E-state index in [1.165, 1.54) is 25.3 Å². The monoisotopic (exact) mass is 279 g/mol. The zero-order valence-electron chi connectivity index (χ0n) is 11.5. The number of hydrogen-bond acceptors (Lipinski definition) is 1. The van der Waals surface area contributed by atoms with E-state index in [1.54, 1.807) is 0 Å². The Hall–Kier alpha value is -1.45. The van der Waals surface area contributed by atoms with E-state index >= 15 is 0 Å². The maximum Gasteiger partial charge on any atom is 0.257 e. The number of hydrogen-bond donors (Lipinski definition) is 1. The number of halogens is 2. The molecule has 2 bridgehead atoms. The molecule has 2 saturated carbocycles. The fourth-order valence-electron chi connectivity index (χ4n) is 4.01. The van der Waals surface area contributed by atoms with Crippen molar-refractivity contribution < 1.29 is 13.6 Å². The van der Waals surface area contributed by atoms with Crippen molar-refractivity contribution in [3.63, 3.8) is 0 Å². The second kappa shape index (κ2) is 5.15. The molecule has 4 atom stereocenters. The van der Waals surface area contributed by atoms with Gasteiger partial charge >= 0.3 is 0 Å². The molecule has 0 radical (unpaired) electrons. The minimum Gasteiger partial charge on any atom is -0.349 e. The minimum absolute atomic E-state index is 0.0307. The van der Waals surface area contributed by atoms with Gasteiger partial charge in [0.2, 0.25) is 0 Å². The largest absolute Gasteiger partial charge is 0.349 e. The molecule has 3 rings (SSSR count). The molecule has 1 aromatic rings. The van der Waals surface area contributed by atoms with Crippen LogP contribution in [-0.2, 0) is 0 Å². The predicted octanol–water partition coefficient (Wildman–Crippen LogP) is 3.52. The maximum absolute atomic E-state index is 13.6. The van der Waals surface area contributed by atoms with Crippen LogP contribution in [0.25, 0.3) is 0 Å². The summed E-state index contributed by atoms with van der Waals surface area (Å²) >= 11 is 0. The first-order valence-electron chi connectivity index (χ1n) is 7.31. The number of fused-ring (bicyclic) bond motifs is 2. The summed E-state index contributed by atoms with van der Waals surface area (Å²) in [7, 11) is 0. The van der Waals surface area contributed by atoms with E-state index in [0.29, 0.717) is 11.8 Å². The highest BCUT2D eigenvalue weighted by molar-refractivity contribution is 5.94. The topological polar surface area (TPSA) is 29.1 Å². The van der Waals surface area contributed by atoms with Gasteiger partial charge < -0.3 is 5.32 Å². The van der Waals surface area contributed by atoms with Crippen molar-refractivity contribution in [3.8, 4) is 0 Å². The molecule has 4 unspecified atom stereocenters. The average molecular weight is 279 g/mol. The highest BCUT2D eigenvalue weighted by atomic mass is 19.1. The zero-order valence-corrected chi connectivity index (χ0v) is 11.5. The Morgan fingerprint density at radius 2 is 1.95 bits per heavy atom. The van der Waals surface area contributed by atoms with Gasteiger partial charge in [-0.2, -0.15) is 0 Å². The van der Waals surface area contributed by atoms with Gasteiger partial charge in [-0.05, 0) is 56.1 Å². The van der Waals surface area contributed by atoms with Crippen molar-refractivity contribution in [1.29, 1.82) is 0 Å². The van der Waals surface area contributed by atoms with Gasteiger partial charge in [-0.3, -0.25) is 4.79 Å². The fraction of sp³-hybridized carbons (Fsp3) is 0.562. The molecule has 2 aliphatic rings. The Bertz CT molecular complexity index is 511. The average Bonchev–Trinajstić information content (AvgIpc) is 3.00. The molecule has 1 N–H and O–H groups in total. The summed E-state index contributed by atoms with van der Waals surface area (Å²) in [6.07, 6.45) is 4.90. The molecule has 1 aromatic carbocycles. The Kier molecular flexibility index (Phi) is 3.48. The number of benzene rings is 1. The van der Waals surface area contributed by atoms with Gasteiger partial charge in [0, 0.05) is 6.04 Å². The lowest BCUT2D eigenvalue weighted by Crippen LogP contribution is -2.40. The van der Waals surface area contributed by atoms with Crippen LogP contribution in [0, 0.1) is 29.4 Å². The first-order valence-corrected chi connectivity index (χ1v) is 7.31. The molecular weight excluding hydrogens is 260 g/mol. The summed E-state index contributed by atoms with van der Waals surface area (Å²) in [5.41, 5.74) is -0.470. The third kappa shape index (κ3) is 2.32. The van der Waals surface area contributed by atoms with Crippen LogP contribution < -0.4 is 5.32 Å². The Balaban J connectivity index is 1.70. The van der Waals surface area contributed by atoms with Crippen LogP contribution in [0.3, 0.4) is 0 Å². The number of carbonyl (C=O) groups excluding carboxylic acids is 1. The third-order valence-electron chi connectivity index (χ3n) is 4.98. The third-order valence-corrected chi connectivity index (χ3v) is 4.98. The fourth-order valence-corrected chi connectivity index (χ4v) is 4.01. The van der Waals surface area contributed by atoms with E-state index in [9.17, 15) is 13.6 Å². The number of nitrogens with one attached hydrogen (secondary N) is 1. The van der Waals surface area contributed by atoms with Gasteiger partial charge in [-0.15, -0.1) is 0 Å². The molecule has 0 heterocycles. The van der Waals surface area contributed by atoms with Crippen LogP contribution >= 0.6 is 0 Å². The summed E-state index contributed by atoms with van der Waals surface area (Å²) in [5, 5.41) is 2.79. The minimum atomic E-state index is -0.803. The first-order chi connectivity index (χ1) is 9.56. The zero-order chi connectivity index (χ0) is 14.3. The number of rotatable bonds is 3. The van der Waals surface area contributed by atoms with E-state index in [0.717, 1.165) is 24.5 Å². The quantitative estimate of drug-likeness (QED) is 0.901. The van der Waals surface area contributed by atoms with Crippen molar-refractivity contribution in [3.05, 3.63) is 35.4 Å².